The van der Waals surface area contributed by atoms with Crippen LogP contribution in [0.1, 0.15) is 33.5 Å². The van der Waals surface area contributed by atoms with Crippen molar-refractivity contribution >= 4 is 22.6 Å². The van der Waals surface area contributed by atoms with Gasteiger partial charge in [0.15, 0.2) is 5.82 Å². The van der Waals surface area contributed by atoms with Gasteiger partial charge < -0.3 is 6.41 Å². The topological polar surface area (TPSA) is 46.5 Å². The van der Waals surface area contributed by atoms with Gasteiger partial charge in [-0.3, -0.25) is 4.68 Å². The van der Waals surface area contributed by atoms with Crippen LogP contribution in [0.2, 0.25) is 5.02 Å². The number of imidazole rings is 1. The van der Waals surface area contributed by atoms with Crippen LogP contribution in [0.15, 0.2) is 36.4 Å². The Labute approximate surface area is 210 Å². The van der Waals surface area contributed by atoms with E-state index in [-0.39, 0.29) is 64.4 Å². The molecule has 0 aliphatic heterocycles. The first kappa shape index (κ1) is 24.8. The van der Waals surface area contributed by atoms with Gasteiger partial charge in [-0.1, -0.05) is 50.6 Å². The molecule has 0 spiro atoms. The van der Waals surface area contributed by atoms with Crippen LogP contribution in [0, 0.1) is 5.82 Å². The van der Waals surface area contributed by atoms with Crippen LogP contribution < -0.4 is 29.6 Å². The van der Waals surface area contributed by atoms with Gasteiger partial charge in [-0.2, -0.15) is 18.3 Å². The first-order valence-corrected chi connectivity index (χ1v) is 9.85. The number of H-pyrrole nitrogens is 1. The molecule has 0 fully saturated rings. The van der Waals surface area contributed by atoms with Gasteiger partial charge in [-0.05, 0) is 23.8 Å². The summed E-state index contributed by atoms with van der Waals surface area (Å²) in [5.41, 5.74) is -0.318. The van der Waals surface area contributed by atoms with E-state index in [4.69, 9.17) is 11.6 Å². The Kier molecular flexibility index (Phi) is 6.56. The normalized spacial score (nSPS) is 12.3. The van der Waals surface area contributed by atoms with E-state index in [9.17, 15) is 17.6 Å². The van der Waals surface area contributed by atoms with Gasteiger partial charge in [-0.15, -0.1) is 0 Å². The first-order chi connectivity index (χ1) is 14.4. The number of hydrogen-bond donors (Lipinski definition) is 1. The van der Waals surface area contributed by atoms with Crippen molar-refractivity contribution in [1.29, 1.82) is 0 Å². The van der Waals surface area contributed by atoms with E-state index in [0.717, 1.165) is 6.07 Å². The van der Waals surface area contributed by atoms with Crippen molar-refractivity contribution in [3.05, 3.63) is 58.5 Å². The van der Waals surface area contributed by atoms with Gasteiger partial charge >= 0.3 is 35.7 Å². The fraction of sp³-hybridized carbons (Fsp3) is 0.273. The second-order valence-corrected chi connectivity index (χ2v) is 8.75. The minimum Gasteiger partial charge on any atom is -1.00 e. The van der Waals surface area contributed by atoms with E-state index >= 15 is 0 Å². The van der Waals surface area contributed by atoms with E-state index in [1.165, 1.54) is 28.9 Å². The Hall–Kier alpha value is -1.87. The number of alkyl halides is 3. The minimum atomic E-state index is -4.68. The zero-order chi connectivity index (χ0) is 22.7. The molecule has 1 N–H and O–H groups in total. The number of hydrogen-bond acceptors (Lipinski definition) is 2. The Balaban J connectivity index is 0.00000193. The smallest absolute Gasteiger partial charge is 1.00 e. The summed E-state index contributed by atoms with van der Waals surface area (Å²) >= 11 is 6.54. The fourth-order valence-corrected chi connectivity index (χ4v) is 4.06. The van der Waals surface area contributed by atoms with Crippen molar-refractivity contribution in [2.45, 2.75) is 32.4 Å². The molecule has 10 heteroatoms. The number of aromatic nitrogens is 4. The molecule has 0 unspecified atom stereocenters. The van der Waals surface area contributed by atoms with Gasteiger partial charge in [0, 0.05) is 18.0 Å². The van der Waals surface area contributed by atoms with E-state index in [0.29, 0.717) is 16.4 Å². The summed E-state index contributed by atoms with van der Waals surface area (Å²) in [6.07, 6.45) is -4.68. The monoisotopic (exact) mass is 474 g/mol. The number of aryl methyl sites for hydroxylation is 1. The molecule has 4 rings (SSSR count). The molecule has 4 nitrogen and oxygen atoms in total. The van der Waals surface area contributed by atoms with Gasteiger partial charge in [0.2, 0.25) is 0 Å². The van der Waals surface area contributed by atoms with E-state index in [1.807, 2.05) is 20.8 Å². The molecule has 2 aromatic heterocycles. The molecule has 0 atom stereocenters. The Bertz CT molecular complexity index is 1310. The van der Waals surface area contributed by atoms with E-state index < -0.39 is 17.6 Å². The molecular formula is C22H20ClF4N4Na. The van der Waals surface area contributed by atoms with Crippen molar-refractivity contribution in [1.82, 2.24) is 19.7 Å². The number of benzene rings is 2. The molecule has 32 heavy (non-hydrogen) atoms. The number of fused-ring (bicyclic) bond motifs is 1. The average molecular weight is 475 g/mol. The Morgan fingerprint density at radius 2 is 1.75 bits per heavy atom. The molecule has 0 bridgehead atoms. The van der Waals surface area contributed by atoms with E-state index in [1.54, 1.807) is 13.1 Å². The number of nitrogens with one attached hydrogen (secondary N) is 1. The largest absolute Gasteiger partial charge is 1.00 e. The maximum Gasteiger partial charge on any atom is 1.00 e. The first-order valence-electron chi connectivity index (χ1n) is 9.47. The summed E-state index contributed by atoms with van der Waals surface area (Å²) in [7, 11) is 1.65. The summed E-state index contributed by atoms with van der Waals surface area (Å²) in [5.74, 6) is -0.458. The van der Waals surface area contributed by atoms with Crippen molar-refractivity contribution in [2.24, 2.45) is 7.05 Å². The van der Waals surface area contributed by atoms with E-state index in [2.05, 4.69) is 15.1 Å². The third kappa shape index (κ3) is 4.33. The molecule has 0 saturated carbocycles. The number of nitrogens with zero attached hydrogens (tertiary/aromatic N) is 3. The molecule has 164 valence electrons. The summed E-state index contributed by atoms with van der Waals surface area (Å²) in [6, 6.07) is 8.05. The standard InChI is InChI=1S/C22H19ClF4N4.Na.H/c1-21(2,3)19-16(23)18(31(4)30-19)20-28-15-10-11(12-7-5-6-8-14(12)24)9-13(17(15)29-20)22(25,26)27;;/h5-10H,1-4H3,(H,28,29);;/q;+1;-1. The molecule has 2 aromatic carbocycles. The van der Waals surface area contributed by atoms with Gasteiger partial charge in [0.05, 0.1) is 21.8 Å². The molecule has 0 radical (unpaired) electrons. The van der Waals surface area contributed by atoms with Crippen molar-refractivity contribution in [3.8, 4) is 22.6 Å². The van der Waals surface area contributed by atoms with Crippen LogP contribution in [-0.4, -0.2) is 19.7 Å². The van der Waals surface area contributed by atoms with Crippen LogP contribution >= 0.6 is 11.6 Å². The molecular weight excluding hydrogens is 455 g/mol. The van der Waals surface area contributed by atoms with Gasteiger partial charge in [0.1, 0.15) is 17.0 Å². The second-order valence-electron chi connectivity index (χ2n) is 8.37. The summed E-state index contributed by atoms with van der Waals surface area (Å²) in [4.78, 5) is 7.13. The molecule has 0 aliphatic rings. The van der Waals surface area contributed by atoms with Crippen LogP contribution in [0.4, 0.5) is 17.6 Å². The van der Waals surface area contributed by atoms with Gasteiger partial charge in [0.25, 0.3) is 0 Å². The maximum atomic E-state index is 14.3. The summed E-state index contributed by atoms with van der Waals surface area (Å²) < 4.78 is 57.3. The molecule has 0 aliphatic carbocycles. The average Bonchev–Trinajstić information content (AvgIpc) is 3.20. The Morgan fingerprint density at radius 3 is 2.31 bits per heavy atom. The van der Waals surface area contributed by atoms with Crippen LogP contribution in [0.3, 0.4) is 0 Å². The third-order valence-electron chi connectivity index (χ3n) is 5.00. The SMILES string of the molecule is Cn1nc(C(C)(C)C)c(Cl)c1-c1nc2c(C(F)(F)F)cc(-c3ccccc3F)cc2[nH]1.[H-].[Na+]. The van der Waals surface area contributed by atoms with Crippen LogP contribution in [-0.2, 0) is 18.6 Å². The Morgan fingerprint density at radius 1 is 1.09 bits per heavy atom. The number of rotatable bonds is 2. The zero-order valence-corrected chi connectivity index (χ0v) is 21.0. The molecule has 2 heterocycles. The minimum absolute atomic E-state index is 0. The third-order valence-corrected chi connectivity index (χ3v) is 5.36. The predicted octanol–water partition coefficient (Wildman–Crippen LogP) is 3.86. The number of aromatic amines is 1. The quantitative estimate of drug-likeness (QED) is 0.354. The summed E-state index contributed by atoms with van der Waals surface area (Å²) in [6.45, 7) is 5.81. The molecule has 4 aromatic rings. The predicted molar refractivity (Wildman–Crippen MR) is 114 cm³/mol. The summed E-state index contributed by atoms with van der Waals surface area (Å²) in [5, 5.41) is 4.75. The van der Waals surface area contributed by atoms with Crippen molar-refractivity contribution in [2.75, 3.05) is 0 Å². The molecule has 0 amide bonds. The second kappa shape index (κ2) is 8.48. The van der Waals surface area contributed by atoms with Crippen molar-refractivity contribution < 1.29 is 48.5 Å². The van der Waals surface area contributed by atoms with Crippen LogP contribution in [0.5, 0.6) is 0 Å². The van der Waals surface area contributed by atoms with Crippen LogP contribution in [0.25, 0.3) is 33.7 Å². The zero-order valence-electron chi connectivity index (χ0n) is 19.2. The number of halogens is 5. The van der Waals surface area contributed by atoms with Crippen molar-refractivity contribution in [3.63, 3.8) is 0 Å². The fourth-order valence-electron chi connectivity index (χ4n) is 3.53. The maximum absolute atomic E-state index is 14.3. The van der Waals surface area contributed by atoms with Gasteiger partial charge in [-0.25, -0.2) is 9.37 Å². The molecule has 0 saturated heterocycles.